The molecule has 4 heteroatoms. The van der Waals surface area contributed by atoms with Gasteiger partial charge in [0.25, 0.3) is 0 Å². The summed E-state index contributed by atoms with van der Waals surface area (Å²) in [6.07, 6.45) is 3.10. The molecule has 4 nitrogen and oxygen atoms in total. The van der Waals surface area contributed by atoms with Gasteiger partial charge >= 0.3 is 11.9 Å². The molecule has 1 rings (SSSR count). The normalized spacial score (nSPS) is 13.8. The molecular formula is C19H26O4. The first-order valence-electron chi connectivity index (χ1n) is 8.04. The first-order valence-corrected chi connectivity index (χ1v) is 8.04. The second-order valence-electron chi connectivity index (χ2n) is 5.92. The van der Waals surface area contributed by atoms with Crippen LogP contribution in [-0.4, -0.2) is 24.6 Å². The third-order valence-electron chi connectivity index (χ3n) is 3.38. The quantitative estimate of drug-likeness (QED) is 0.539. The van der Waals surface area contributed by atoms with Crippen LogP contribution in [0.5, 0.6) is 0 Å². The number of carbonyl (C=O) groups is 2. The third-order valence-corrected chi connectivity index (χ3v) is 3.38. The van der Waals surface area contributed by atoms with Crippen LogP contribution in [-0.2, 0) is 19.1 Å². The molecule has 0 N–H and O–H groups in total. The molecule has 0 fully saturated rings. The second-order valence-corrected chi connectivity index (χ2v) is 5.92. The SMILES string of the molecule is CCC(C(=O)OCC(C)C)C(C)OC(=O)/C=C/c1ccccc1. The van der Waals surface area contributed by atoms with Crippen molar-refractivity contribution in [3.8, 4) is 0 Å². The van der Waals surface area contributed by atoms with Gasteiger partial charge in [0.1, 0.15) is 6.10 Å². The van der Waals surface area contributed by atoms with E-state index < -0.39 is 18.0 Å². The van der Waals surface area contributed by atoms with Crippen LogP contribution in [0.15, 0.2) is 36.4 Å². The largest absolute Gasteiger partial charge is 0.465 e. The van der Waals surface area contributed by atoms with Gasteiger partial charge < -0.3 is 9.47 Å². The molecule has 1 aromatic carbocycles. The number of benzene rings is 1. The van der Waals surface area contributed by atoms with Crippen LogP contribution in [0.2, 0.25) is 0 Å². The fraction of sp³-hybridized carbons (Fsp3) is 0.474. The lowest BCUT2D eigenvalue weighted by Gasteiger charge is -2.21. The molecule has 126 valence electrons. The van der Waals surface area contributed by atoms with E-state index in [0.29, 0.717) is 13.0 Å². The van der Waals surface area contributed by atoms with E-state index in [2.05, 4.69) is 0 Å². The maximum Gasteiger partial charge on any atom is 0.331 e. The highest BCUT2D eigenvalue weighted by Crippen LogP contribution is 2.15. The lowest BCUT2D eigenvalue weighted by Crippen LogP contribution is -2.31. The Balaban J connectivity index is 2.54. The molecule has 0 saturated heterocycles. The van der Waals surface area contributed by atoms with Crippen LogP contribution in [0.4, 0.5) is 0 Å². The summed E-state index contributed by atoms with van der Waals surface area (Å²) in [5.74, 6) is -0.934. The van der Waals surface area contributed by atoms with E-state index in [1.807, 2.05) is 51.1 Å². The van der Waals surface area contributed by atoms with Crippen molar-refractivity contribution in [3.63, 3.8) is 0 Å². The van der Waals surface area contributed by atoms with Gasteiger partial charge in [-0.15, -0.1) is 0 Å². The lowest BCUT2D eigenvalue weighted by atomic mass is 10.0. The van der Waals surface area contributed by atoms with Gasteiger partial charge in [-0.05, 0) is 30.9 Å². The van der Waals surface area contributed by atoms with E-state index in [-0.39, 0.29) is 11.9 Å². The highest BCUT2D eigenvalue weighted by Gasteiger charge is 2.27. The Kier molecular flexibility index (Phi) is 8.09. The summed E-state index contributed by atoms with van der Waals surface area (Å²) in [6.45, 7) is 7.94. The molecule has 23 heavy (non-hydrogen) atoms. The van der Waals surface area contributed by atoms with Gasteiger partial charge in [-0.3, -0.25) is 4.79 Å². The van der Waals surface area contributed by atoms with Crippen LogP contribution < -0.4 is 0 Å². The van der Waals surface area contributed by atoms with Gasteiger partial charge in [-0.25, -0.2) is 4.79 Å². The Morgan fingerprint density at radius 3 is 2.35 bits per heavy atom. The lowest BCUT2D eigenvalue weighted by molar-refractivity contribution is -0.159. The molecule has 0 aliphatic rings. The van der Waals surface area contributed by atoms with Crippen molar-refractivity contribution in [2.75, 3.05) is 6.61 Å². The Bertz CT molecular complexity index is 519. The number of esters is 2. The Morgan fingerprint density at radius 1 is 1.13 bits per heavy atom. The van der Waals surface area contributed by atoms with Crippen LogP contribution in [0.1, 0.15) is 39.7 Å². The summed E-state index contributed by atoms with van der Waals surface area (Å²) in [6, 6.07) is 9.49. The smallest absolute Gasteiger partial charge is 0.331 e. The van der Waals surface area contributed by atoms with Gasteiger partial charge in [-0.1, -0.05) is 51.1 Å². The molecule has 0 radical (unpaired) electrons. The van der Waals surface area contributed by atoms with Crippen molar-refractivity contribution in [2.45, 2.75) is 40.2 Å². The highest BCUT2D eigenvalue weighted by atomic mass is 16.6. The van der Waals surface area contributed by atoms with E-state index in [0.717, 1.165) is 5.56 Å². The molecule has 0 aliphatic heterocycles. The Hall–Kier alpha value is -2.10. The molecule has 0 spiro atoms. The van der Waals surface area contributed by atoms with Gasteiger partial charge in [0, 0.05) is 6.08 Å². The predicted molar refractivity (Wildman–Crippen MR) is 90.6 cm³/mol. The van der Waals surface area contributed by atoms with E-state index in [4.69, 9.17) is 9.47 Å². The summed E-state index contributed by atoms with van der Waals surface area (Å²) < 4.78 is 10.6. The number of hydrogen-bond donors (Lipinski definition) is 0. The van der Waals surface area contributed by atoms with Crippen molar-refractivity contribution in [3.05, 3.63) is 42.0 Å². The fourth-order valence-electron chi connectivity index (χ4n) is 2.08. The summed E-state index contributed by atoms with van der Waals surface area (Å²) in [5, 5.41) is 0. The van der Waals surface area contributed by atoms with Gasteiger partial charge in [-0.2, -0.15) is 0 Å². The molecule has 0 bridgehead atoms. The molecule has 0 saturated carbocycles. The summed E-state index contributed by atoms with van der Waals surface area (Å²) >= 11 is 0. The van der Waals surface area contributed by atoms with Crippen molar-refractivity contribution >= 4 is 18.0 Å². The highest BCUT2D eigenvalue weighted by molar-refractivity contribution is 5.87. The second kappa shape index (κ2) is 9.82. The van der Waals surface area contributed by atoms with Crippen molar-refractivity contribution in [2.24, 2.45) is 11.8 Å². The maximum absolute atomic E-state index is 12.0. The topological polar surface area (TPSA) is 52.6 Å². The molecule has 1 aromatic rings. The van der Waals surface area contributed by atoms with Crippen LogP contribution in [0.3, 0.4) is 0 Å². The summed E-state index contributed by atoms with van der Waals surface area (Å²) in [7, 11) is 0. The minimum absolute atomic E-state index is 0.281. The van der Waals surface area contributed by atoms with Gasteiger partial charge in [0.05, 0.1) is 12.5 Å². The average molecular weight is 318 g/mol. The van der Waals surface area contributed by atoms with Gasteiger partial charge in [0.2, 0.25) is 0 Å². The van der Waals surface area contributed by atoms with Crippen molar-refractivity contribution < 1.29 is 19.1 Å². The van der Waals surface area contributed by atoms with E-state index in [9.17, 15) is 9.59 Å². The molecule has 0 aromatic heterocycles. The summed E-state index contributed by atoms with van der Waals surface area (Å²) in [4.78, 5) is 23.9. The van der Waals surface area contributed by atoms with Crippen molar-refractivity contribution in [1.82, 2.24) is 0 Å². The zero-order chi connectivity index (χ0) is 17.2. The number of hydrogen-bond acceptors (Lipinski definition) is 4. The molecule has 2 unspecified atom stereocenters. The molecular weight excluding hydrogens is 292 g/mol. The maximum atomic E-state index is 12.0. The zero-order valence-electron chi connectivity index (χ0n) is 14.3. The monoisotopic (exact) mass is 318 g/mol. The van der Waals surface area contributed by atoms with Gasteiger partial charge in [0.15, 0.2) is 0 Å². The molecule has 0 amide bonds. The first kappa shape index (κ1) is 18.9. The number of carbonyl (C=O) groups excluding carboxylic acids is 2. The minimum atomic E-state index is -0.521. The van der Waals surface area contributed by atoms with Crippen molar-refractivity contribution in [1.29, 1.82) is 0 Å². The molecule has 0 heterocycles. The fourth-order valence-corrected chi connectivity index (χ4v) is 2.08. The third kappa shape index (κ3) is 7.13. The van der Waals surface area contributed by atoms with E-state index in [1.165, 1.54) is 6.08 Å². The zero-order valence-corrected chi connectivity index (χ0v) is 14.3. The Morgan fingerprint density at radius 2 is 1.78 bits per heavy atom. The predicted octanol–water partition coefficient (Wildman–Crippen LogP) is 3.86. The van der Waals surface area contributed by atoms with Crippen LogP contribution >= 0.6 is 0 Å². The van der Waals surface area contributed by atoms with Crippen LogP contribution in [0, 0.1) is 11.8 Å². The molecule has 0 aliphatic carbocycles. The first-order chi connectivity index (χ1) is 10.9. The molecule has 2 atom stereocenters. The minimum Gasteiger partial charge on any atom is -0.465 e. The number of rotatable bonds is 8. The van der Waals surface area contributed by atoms with Crippen LogP contribution in [0.25, 0.3) is 6.08 Å². The summed E-state index contributed by atoms with van der Waals surface area (Å²) in [5.41, 5.74) is 0.917. The number of ether oxygens (including phenoxy) is 2. The Labute approximate surface area is 138 Å². The average Bonchev–Trinajstić information content (AvgIpc) is 2.52. The standard InChI is InChI=1S/C19H26O4/c1-5-17(19(21)22-13-14(2)3)15(4)23-18(20)12-11-16-9-7-6-8-10-16/h6-12,14-15,17H,5,13H2,1-4H3/b12-11+. The van der Waals surface area contributed by atoms with E-state index >= 15 is 0 Å². The van der Waals surface area contributed by atoms with E-state index in [1.54, 1.807) is 13.0 Å².